The maximum Gasteiger partial charge on any atom is 0.450 e. The van der Waals surface area contributed by atoms with Gasteiger partial charge in [-0.05, 0) is 0 Å². The molecule has 2 N–H and O–H groups in total. The summed E-state index contributed by atoms with van der Waals surface area (Å²) in [6.45, 7) is 0. The van der Waals surface area contributed by atoms with E-state index in [1.165, 1.54) is 18.6 Å². The maximum atomic E-state index is 12.9. The van der Waals surface area contributed by atoms with E-state index in [9.17, 15) is 18.0 Å². The van der Waals surface area contributed by atoms with Crippen LogP contribution in [-0.2, 0) is 6.18 Å². The van der Waals surface area contributed by atoms with Crippen LogP contribution in [0, 0.1) is 0 Å². The molecule has 7 nitrogen and oxygen atoms in total. The highest BCUT2D eigenvalue weighted by Gasteiger charge is 2.38. The molecule has 0 aliphatic heterocycles. The molecule has 21 heavy (non-hydrogen) atoms. The van der Waals surface area contributed by atoms with E-state index in [0.717, 1.165) is 16.8 Å². The standard InChI is InChI=1S/C11H7F3N6O/c12-11(13,14)10-19-8(7-5-15-1-2-20(7)10)9(21)18-6-3-16-17-4-6/h1-5H,(H,16,17)(H,18,21). The number of nitrogens with zero attached hydrogens (tertiary/aromatic N) is 4. The van der Waals surface area contributed by atoms with E-state index < -0.39 is 17.9 Å². The highest BCUT2D eigenvalue weighted by molar-refractivity contribution is 6.07. The lowest BCUT2D eigenvalue weighted by molar-refractivity contribution is -0.145. The number of hydrogen-bond donors (Lipinski definition) is 2. The molecule has 1 amide bonds. The van der Waals surface area contributed by atoms with Gasteiger partial charge in [-0.15, -0.1) is 0 Å². The first-order valence-electron chi connectivity index (χ1n) is 5.66. The van der Waals surface area contributed by atoms with Crippen molar-refractivity contribution in [3.05, 3.63) is 42.5 Å². The van der Waals surface area contributed by atoms with E-state index >= 15 is 0 Å². The number of rotatable bonds is 2. The van der Waals surface area contributed by atoms with Crippen LogP contribution in [0.1, 0.15) is 16.3 Å². The summed E-state index contributed by atoms with van der Waals surface area (Å²) >= 11 is 0. The number of aromatic amines is 1. The number of aromatic nitrogens is 5. The Labute approximate surface area is 114 Å². The van der Waals surface area contributed by atoms with E-state index in [-0.39, 0.29) is 11.2 Å². The minimum atomic E-state index is -4.68. The highest BCUT2D eigenvalue weighted by atomic mass is 19.4. The number of alkyl halides is 3. The number of halogens is 3. The second-order valence-electron chi connectivity index (χ2n) is 4.05. The van der Waals surface area contributed by atoms with Crippen LogP contribution in [0.25, 0.3) is 5.52 Å². The Morgan fingerprint density at radius 2 is 2.14 bits per heavy atom. The van der Waals surface area contributed by atoms with Crippen molar-refractivity contribution in [1.29, 1.82) is 0 Å². The van der Waals surface area contributed by atoms with Gasteiger partial charge in [0, 0.05) is 18.6 Å². The normalized spacial score (nSPS) is 11.8. The number of nitrogens with one attached hydrogen (secondary N) is 2. The van der Waals surface area contributed by atoms with Crippen molar-refractivity contribution in [3.63, 3.8) is 0 Å². The third kappa shape index (κ3) is 2.30. The van der Waals surface area contributed by atoms with E-state index in [4.69, 9.17) is 0 Å². The number of fused-ring (bicyclic) bond motifs is 1. The van der Waals surface area contributed by atoms with Crippen LogP contribution in [-0.4, -0.2) is 30.5 Å². The van der Waals surface area contributed by atoms with Crippen LogP contribution in [0.4, 0.5) is 18.9 Å². The van der Waals surface area contributed by atoms with Crippen LogP contribution in [0.2, 0.25) is 0 Å². The molecule has 0 fully saturated rings. The van der Waals surface area contributed by atoms with Gasteiger partial charge in [0.2, 0.25) is 5.82 Å². The Hall–Kier alpha value is -2.91. The van der Waals surface area contributed by atoms with Gasteiger partial charge in [-0.1, -0.05) is 0 Å². The third-order valence-corrected chi connectivity index (χ3v) is 2.67. The second kappa shape index (κ2) is 4.58. The van der Waals surface area contributed by atoms with Crippen LogP contribution < -0.4 is 5.32 Å². The molecule has 0 radical (unpaired) electrons. The largest absolute Gasteiger partial charge is 0.450 e. The van der Waals surface area contributed by atoms with Crippen LogP contribution >= 0.6 is 0 Å². The van der Waals surface area contributed by atoms with Crippen molar-refractivity contribution in [2.24, 2.45) is 0 Å². The first-order valence-corrected chi connectivity index (χ1v) is 5.66. The third-order valence-electron chi connectivity index (χ3n) is 2.67. The van der Waals surface area contributed by atoms with Gasteiger partial charge in [0.15, 0.2) is 5.69 Å². The summed E-state index contributed by atoms with van der Waals surface area (Å²) in [6, 6.07) is 0. The van der Waals surface area contributed by atoms with Crippen molar-refractivity contribution >= 4 is 17.1 Å². The molecule has 0 saturated carbocycles. The Morgan fingerprint density at radius 3 is 2.81 bits per heavy atom. The SMILES string of the molecule is O=C(Nc1cn[nH]c1)c1nc(C(F)(F)F)n2ccncc12. The molecule has 0 aliphatic rings. The molecule has 0 aromatic carbocycles. The Kier molecular flexibility index (Phi) is 2.85. The van der Waals surface area contributed by atoms with Gasteiger partial charge in [-0.25, -0.2) is 4.98 Å². The summed E-state index contributed by atoms with van der Waals surface area (Å²) < 4.78 is 39.5. The summed E-state index contributed by atoms with van der Waals surface area (Å²) in [5, 5.41) is 8.48. The summed E-state index contributed by atoms with van der Waals surface area (Å²) in [5.41, 5.74) is -0.0824. The van der Waals surface area contributed by atoms with Crippen LogP contribution in [0.5, 0.6) is 0 Å². The van der Waals surface area contributed by atoms with Gasteiger partial charge in [0.25, 0.3) is 5.91 Å². The lowest BCUT2D eigenvalue weighted by Gasteiger charge is -2.03. The average molecular weight is 296 g/mol. The molecular weight excluding hydrogens is 289 g/mol. The molecule has 10 heteroatoms. The molecule has 3 rings (SSSR count). The first kappa shape index (κ1) is 13.1. The van der Waals surface area contributed by atoms with E-state index in [0.29, 0.717) is 5.69 Å². The summed E-state index contributed by atoms with van der Waals surface area (Å²) in [4.78, 5) is 19.2. The van der Waals surface area contributed by atoms with Crippen LogP contribution in [0.3, 0.4) is 0 Å². The average Bonchev–Trinajstić information content (AvgIpc) is 3.04. The minimum absolute atomic E-state index is 0.0363. The molecule has 3 aromatic heterocycles. The predicted octanol–water partition coefficient (Wildman–Crippen LogP) is 1.72. The van der Waals surface area contributed by atoms with Gasteiger partial charge >= 0.3 is 6.18 Å². The minimum Gasteiger partial charge on any atom is -0.318 e. The molecule has 0 unspecified atom stereocenters. The maximum absolute atomic E-state index is 12.9. The van der Waals surface area contributed by atoms with Crippen molar-refractivity contribution in [2.75, 3.05) is 5.32 Å². The molecule has 0 saturated heterocycles. The second-order valence-corrected chi connectivity index (χ2v) is 4.05. The topological polar surface area (TPSA) is 88.0 Å². The number of amides is 1. The quantitative estimate of drug-likeness (QED) is 0.753. The number of anilines is 1. The Balaban J connectivity index is 2.08. The number of hydrogen-bond acceptors (Lipinski definition) is 4. The summed E-state index contributed by atoms with van der Waals surface area (Å²) in [5.74, 6) is -1.96. The molecule has 0 aliphatic carbocycles. The zero-order valence-electron chi connectivity index (χ0n) is 10.2. The van der Waals surface area contributed by atoms with E-state index in [1.54, 1.807) is 0 Å². The fourth-order valence-corrected chi connectivity index (χ4v) is 1.81. The predicted molar refractivity (Wildman–Crippen MR) is 64.5 cm³/mol. The molecule has 3 aromatic rings. The first-order chi connectivity index (χ1) is 9.97. The summed E-state index contributed by atoms with van der Waals surface area (Å²) in [7, 11) is 0. The number of H-pyrrole nitrogens is 1. The Morgan fingerprint density at radius 1 is 1.33 bits per heavy atom. The fourth-order valence-electron chi connectivity index (χ4n) is 1.81. The molecule has 108 valence electrons. The monoisotopic (exact) mass is 296 g/mol. The Bertz CT molecular complexity index is 792. The van der Waals surface area contributed by atoms with Gasteiger partial charge in [-0.2, -0.15) is 18.3 Å². The summed E-state index contributed by atoms with van der Waals surface area (Å²) in [6.07, 6.45) is 1.45. The van der Waals surface area contributed by atoms with Gasteiger partial charge < -0.3 is 5.32 Å². The van der Waals surface area contributed by atoms with Gasteiger partial charge in [0.05, 0.1) is 23.6 Å². The molecule has 3 heterocycles. The zero-order chi connectivity index (χ0) is 15.0. The fraction of sp³-hybridized carbons (Fsp3) is 0.0909. The van der Waals surface area contributed by atoms with Crippen LogP contribution in [0.15, 0.2) is 31.0 Å². The number of carbonyl (C=O) groups excluding carboxylic acids is 1. The highest BCUT2D eigenvalue weighted by Crippen LogP contribution is 2.30. The molecular formula is C11H7F3N6O. The lowest BCUT2D eigenvalue weighted by atomic mass is 10.3. The van der Waals surface area contributed by atoms with Crippen molar-refractivity contribution < 1.29 is 18.0 Å². The number of carbonyl (C=O) groups is 1. The van der Waals surface area contributed by atoms with Crippen molar-refractivity contribution in [3.8, 4) is 0 Å². The van der Waals surface area contributed by atoms with E-state index in [1.807, 2.05) is 0 Å². The molecule has 0 bridgehead atoms. The smallest absolute Gasteiger partial charge is 0.318 e. The van der Waals surface area contributed by atoms with Crippen molar-refractivity contribution in [2.45, 2.75) is 6.18 Å². The lowest BCUT2D eigenvalue weighted by Crippen LogP contribution is -2.13. The molecule has 0 spiro atoms. The van der Waals surface area contributed by atoms with Crippen molar-refractivity contribution in [1.82, 2.24) is 24.6 Å². The molecule has 0 atom stereocenters. The van der Waals surface area contributed by atoms with E-state index in [2.05, 4.69) is 25.5 Å². The zero-order valence-corrected chi connectivity index (χ0v) is 10.2. The number of imidazole rings is 1. The van der Waals surface area contributed by atoms with Gasteiger partial charge in [0.1, 0.15) is 0 Å². The van der Waals surface area contributed by atoms with Gasteiger partial charge in [-0.3, -0.25) is 19.3 Å².